The minimum Gasteiger partial charge on any atom is -0.314 e. The second kappa shape index (κ2) is 8.32. The monoisotopic (exact) mass is 361 g/mol. The van der Waals surface area contributed by atoms with E-state index in [-0.39, 0.29) is 24.8 Å². The first-order chi connectivity index (χ1) is 9.66. The molecule has 6 heteroatoms. The Kier molecular flexibility index (Phi) is 7.36. The van der Waals surface area contributed by atoms with Crippen molar-refractivity contribution in [2.24, 2.45) is 0 Å². The number of halogens is 3. The molecule has 1 aliphatic rings. The number of piperazine rings is 1. The molecule has 1 aromatic heterocycles. The molecule has 1 N–H and O–H groups in total. The van der Waals surface area contributed by atoms with Crippen molar-refractivity contribution in [3.8, 4) is 0 Å². The SMILES string of the molecule is Cc1c(Cl)c(CN2CCNCC2C)nc2ccccc12.Cl.Cl. The topological polar surface area (TPSA) is 28.2 Å². The van der Waals surface area contributed by atoms with E-state index < -0.39 is 0 Å². The molecule has 0 radical (unpaired) electrons. The fraction of sp³-hybridized carbons (Fsp3) is 0.438. The quantitative estimate of drug-likeness (QED) is 0.880. The molecule has 0 bridgehead atoms. The van der Waals surface area contributed by atoms with Crippen molar-refractivity contribution in [3.63, 3.8) is 0 Å². The number of pyridine rings is 1. The van der Waals surface area contributed by atoms with E-state index in [4.69, 9.17) is 16.6 Å². The molecular weight excluding hydrogens is 341 g/mol. The second-order valence-electron chi connectivity index (χ2n) is 5.54. The van der Waals surface area contributed by atoms with Gasteiger partial charge in [-0.3, -0.25) is 4.90 Å². The van der Waals surface area contributed by atoms with Gasteiger partial charge in [0.25, 0.3) is 0 Å². The number of nitrogens with one attached hydrogen (secondary N) is 1. The van der Waals surface area contributed by atoms with Gasteiger partial charge in [0, 0.05) is 37.6 Å². The summed E-state index contributed by atoms with van der Waals surface area (Å²) in [6.45, 7) is 8.27. The number of rotatable bonds is 2. The van der Waals surface area contributed by atoms with E-state index in [0.717, 1.165) is 53.4 Å². The van der Waals surface area contributed by atoms with Crippen molar-refractivity contribution in [3.05, 3.63) is 40.5 Å². The zero-order valence-electron chi connectivity index (χ0n) is 12.8. The first kappa shape index (κ1) is 19.5. The Labute approximate surface area is 149 Å². The third kappa shape index (κ3) is 3.84. The van der Waals surface area contributed by atoms with Crippen molar-refractivity contribution in [2.75, 3.05) is 19.6 Å². The van der Waals surface area contributed by atoms with E-state index in [1.807, 2.05) is 12.1 Å². The summed E-state index contributed by atoms with van der Waals surface area (Å²) in [5, 5.41) is 5.37. The highest BCUT2D eigenvalue weighted by Crippen LogP contribution is 2.28. The van der Waals surface area contributed by atoms with E-state index in [1.54, 1.807) is 0 Å². The molecule has 22 heavy (non-hydrogen) atoms. The number of para-hydroxylation sites is 1. The lowest BCUT2D eigenvalue weighted by Gasteiger charge is -2.33. The zero-order chi connectivity index (χ0) is 14.1. The van der Waals surface area contributed by atoms with Crippen molar-refractivity contribution < 1.29 is 0 Å². The van der Waals surface area contributed by atoms with E-state index >= 15 is 0 Å². The summed E-state index contributed by atoms with van der Waals surface area (Å²) < 4.78 is 0. The third-order valence-electron chi connectivity index (χ3n) is 4.14. The van der Waals surface area contributed by atoms with Gasteiger partial charge in [-0.1, -0.05) is 29.8 Å². The first-order valence-corrected chi connectivity index (χ1v) is 7.53. The maximum absolute atomic E-state index is 6.53. The van der Waals surface area contributed by atoms with Crippen LogP contribution < -0.4 is 5.32 Å². The Morgan fingerprint density at radius 1 is 1.32 bits per heavy atom. The van der Waals surface area contributed by atoms with Crippen LogP contribution in [0.2, 0.25) is 5.02 Å². The predicted octanol–water partition coefficient (Wildman–Crippen LogP) is 3.83. The van der Waals surface area contributed by atoms with Gasteiger partial charge in [0.05, 0.1) is 16.2 Å². The fourth-order valence-electron chi connectivity index (χ4n) is 2.83. The zero-order valence-corrected chi connectivity index (χ0v) is 15.2. The number of aromatic nitrogens is 1. The largest absolute Gasteiger partial charge is 0.314 e. The van der Waals surface area contributed by atoms with Crippen LogP contribution in [0.15, 0.2) is 24.3 Å². The number of fused-ring (bicyclic) bond motifs is 1. The molecule has 3 nitrogen and oxygen atoms in total. The Morgan fingerprint density at radius 3 is 2.77 bits per heavy atom. The molecule has 0 aliphatic carbocycles. The van der Waals surface area contributed by atoms with Crippen LogP contribution in [-0.4, -0.2) is 35.6 Å². The summed E-state index contributed by atoms with van der Waals surface area (Å²) in [4.78, 5) is 7.21. The molecule has 122 valence electrons. The van der Waals surface area contributed by atoms with Gasteiger partial charge >= 0.3 is 0 Å². The van der Waals surface area contributed by atoms with Crippen LogP contribution in [0.3, 0.4) is 0 Å². The Morgan fingerprint density at radius 2 is 2.05 bits per heavy atom. The molecule has 0 spiro atoms. The smallest absolute Gasteiger partial charge is 0.0740 e. The van der Waals surface area contributed by atoms with Crippen LogP contribution in [0.25, 0.3) is 10.9 Å². The van der Waals surface area contributed by atoms with E-state index in [2.05, 4.69) is 36.2 Å². The van der Waals surface area contributed by atoms with Gasteiger partial charge in [0.1, 0.15) is 0 Å². The number of aryl methyl sites for hydroxylation is 1. The van der Waals surface area contributed by atoms with Gasteiger partial charge in [-0.2, -0.15) is 0 Å². The summed E-state index contributed by atoms with van der Waals surface area (Å²) in [5.41, 5.74) is 3.17. The fourth-order valence-corrected chi connectivity index (χ4v) is 3.04. The van der Waals surface area contributed by atoms with E-state index in [9.17, 15) is 0 Å². The summed E-state index contributed by atoms with van der Waals surface area (Å²) >= 11 is 6.53. The maximum Gasteiger partial charge on any atom is 0.0740 e. The average Bonchev–Trinajstić information content (AvgIpc) is 2.47. The van der Waals surface area contributed by atoms with Gasteiger partial charge in [0.15, 0.2) is 0 Å². The highest BCUT2D eigenvalue weighted by molar-refractivity contribution is 6.32. The Balaban J connectivity index is 0.00000121. The molecule has 1 saturated heterocycles. The van der Waals surface area contributed by atoms with Gasteiger partial charge in [-0.05, 0) is 25.5 Å². The van der Waals surface area contributed by atoms with Crippen LogP contribution in [-0.2, 0) is 6.54 Å². The Hall–Kier alpha value is -0.580. The Bertz CT molecular complexity index is 633. The second-order valence-corrected chi connectivity index (χ2v) is 5.92. The molecule has 1 fully saturated rings. The van der Waals surface area contributed by atoms with Crippen molar-refractivity contribution in [1.29, 1.82) is 0 Å². The highest BCUT2D eigenvalue weighted by Gasteiger charge is 2.20. The third-order valence-corrected chi connectivity index (χ3v) is 4.64. The van der Waals surface area contributed by atoms with Crippen molar-refractivity contribution in [1.82, 2.24) is 15.2 Å². The van der Waals surface area contributed by atoms with Crippen molar-refractivity contribution >= 4 is 47.3 Å². The summed E-state index contributed by atoms with van der Waals surface area (Å²) in [7, 11) is 0. The minimum atomic E-state index is 0. The van der Waals surface area contributed by atoms with E-state index in [1.165, 1.54) is 0 Å². The maximum atomic E-state index is 6.53. The summed E-state index contributed by atoms with van der Waals surface area (Å²) in [6.07, 6.45) is 0. The lowest BCUT2D eigenvalue weighted by atomic mass is 10.1. The van der Waals surface area contributed by atoms with Crippen molar-refractivity contribution in [2.45, 2.75) is 26.4 Å². The molecule has 3 rings (SSSR count). The molecule has 0 saturated carbocycles. The highest BCUT2D eigenvalue weighted by atomic mass is 35.5. The van der Waals surface area contributed by atoms with Crippen LogP contribution in [0.5, 0.6) is 0 Å². The van der Waals surface area contributed by atoms with E-state index in [0.29, 0.717) is 6.04 Å². The normalized spacial score (nSPS) is 18.6. The van der Waals surface area contributed by atoms with Gasteiger partial charge in [0.2, 0.25) is 0 Å². The molecule has 1 aromatic carbocycles. The summed E-state index contributed by atoms with van der Waals surface area (Å²) in [6, 6.07) is 8.73. The number of benzene rings is 1. The molecule has 1 unspecified atom stereocenters. The first-order valence-electron chi connectivity index (χ1n) is 7.15. The molecule has 2 heterocycles. The lowest BCUT2D eigenvalue weighted by Crippen LogP contribution is -2.49. The number of hydrogen-bond donors (Lipinski definition) is 1. The minimum absolute atomic E-state index is 0. The van der Waals surface area contributed by atoms with Crippen LogP contribution >= 0.6 is 36.4 Å². The number of hydrogen-bond acceptors (Lipinski definition) is 3. The molecule has 1 atom stereocenters. The average molecular weight is 363 g/mol. The molecule has 1 aliphatic heterocycles. The molecular formula is C16H22Cl3N3. The summed E-state index contributed by atoms with van der Waals surface area (Å²) in [5.74, 6) is 0. The standard InChI is InChI=1S/C16H20ClN3.2ClH/c1-11-9-18-7-8-20(11)10-15-16(17)12(2)13-5-3-4-6-14(13)19-15;;/h3-6,11,18H,7-10H2,1-2H3;2*1H. The van der Waals surface area contributed by atoms with Crippen LogP contribution in [0.1, 0.15) is 18.2 Å². The van der Waals surface area contributed by atoms with Gasteiger partial charge in [-0.25, -0.2) is 4.98 Å². The lowest BCUT2D eigenvalue weighted by molar-refractivity contribution is 0.164. The van der Waals surface area contributed by atoms with Crippen LogP contribution in [0, 0.1) is 6.92 Å². The van der Waals surface area contributed by atoms with Crippen LogP contribution in [0.4, 0.5) is 0 Å². The van der Waals surface area contributed by atoms with Gasteiger partial charge in [-0.15, -0.1) is 24.8 Å². The van der Waals surface area contributed by atoms with Gasteiger partial charge < -0.3 is 5.32 Å². The molecule has 0 amide bonds. The number of nitrogens with zero attached hydrogens (tertiary/aromatic N) is 2. The molecule has 2 aromatic rings. The predicted molar refractivity (Wildman–Crippen MR) is 98.7 cm³/mol.